The number of nitrogens with zero attached hydrogens (tertiary/aromatic N) is 5. The largest absolute Gasteiger partial charge is 0.476 e. The number of piperazine rings is 1. The van der Waals surface area contributed by atoms with E-state index in [9.17, 15) is 4.79 Å². The van der Waals surface area contributed by atoms with Crippen LogP contribution in [0.25, 0.3) is 0 Å². The van der Waals surface area contributed by atoms with Crippen molar-refractivity contribution in [2.45, 2.75) is 32.9 Å². The number of carbonyl (C=O) groups is 1. The van der Waals surface area contributed by atoms with Crippen molar-refractivity contribution in [3.05, 3.63) is 23.9 Å². The van der Waals surface area contributed by atoms with Gasteiger partial charge in [0.1, 0.15) is 12.2 Å². The maximum absolute atomic E-state index is 12.1. The second-order valence-corrected chi connectivity index (χ2v) is 8.28. The van der Waals surface area contributed by atoms with Crippen LogP contribution in [-0.4, -0.2) is 90.8 Å². The Morgan fingerprint density at radius 1 is 1.23 bits per heavy atom. The molecule has 1 amide bonds. The lowest BCUT2D eigenvalue weighted by molar-refractivity contribution is 0.0186. The number of ether oxygens (including phenoxy) is 2. The molecule has 2 N–H and O–H groups in total. The fourth-order valence-corrected chi connectivity index (χ4v) is 2.68. The second kappa shape index (κ2) is 12.1. The Kier molecular flexibility index (Phi) is 10.6. The number of nitrogens with two attached hydrogens (primary N) is 1. The van der Waals surface area contributed by atoms with E-state index in [0.29, 0.717) is 51.2 Å². The molecule has 0 aromatic carbocycles. The third kappa shape index (κ3) is 9.33. The van der Waals surface area contributed by atoms with Crippen LogP contribution >= 0.6 is 24.0 Å². The van der Waals surface area contributed by atoms with E-state index in [1.807, 2.05) is 51.9 Å². The zero-order valence-electron chi connectivity index (χ0n) is 18.6. The molecule has 170 valence electrons. The van der Waals surface area contributed by atoms with Crippen LogP contribution in [-0.2, 0) is 11.3 Å². The van der Waals surface area contributed by atoms with Gasteiger partial charge in [0.15, 0.2) is 5.96 Å². The predicted octanol–water partition coefficient (Wildman–Crippen LogP) is 2.01. The normalized spacial score (nSPS) is 15.1. The molecule has 1 aliphatic heterocycles. The summed E-state index contributed by atoms with van der Waals surface area (Å²) in [4.78, 5) is 26.6. The fraction of sp³-hybridized carbons (Fsp3) is 0.650. The predicted molar refractivity (Wildman–Crippen MR) is 128 cm³/mol. The number of carbonyl (C=O) groups excluding carboxylic acids is 1. The molecule has 2 heterocycles. The van der Waals surface area contributed by atoms with Crippen LogP contribution in [0.4, 0.5) is 4.79 Å². The van der Waals surface area contributed by atoms with Crippen LogP contribution in [0.3, 0.4) is 0 Å². The Morgan fingerprint density at radius 2 is 1.87 bits per heavy atom. The van der Waals surface area contributed by atoms with Gasteiger partial charge in [-0.3, -0.25) is 0 Å². The monoisotopic (exact) mass is 534 g/mol. The smallest absolute Gasteiger partial charge is 0.410 e. The molecule has 0 spiro atoms. The van der Waals surface area contributed by atoms with Gasteiger partial charge < -0.3 is 29.9 Å². The number of amides is 1. The summed E-state index contributed by atoms with van der Waals surface area (Å²) in [5.41, 5.74) is 6.65. The van der Waals surface area contributed by atoms with E-state index in [-0.39, 0.29) is 30.1 Å². The zero-order chi connectivity index (χ0) is 21.4. The van der Waals surface area contributed by atoms with Gasteiger partial charge in [0.2, 0.25) is 5.88 Å². The van der Waals surface area contributed by atoms with Gasteiger partial charge in [0, 0.05) is 45.0 Å². The Hall–Kier alpha value is -1.82. The van der Waals surface area contributed by atoms with Crippen molar-refractivity contribution < 1.29 is 14.3 Å². The summed E-state index contributed by atoms with van der Waals surface area (Å²) in [6, 6.07) is 3.78. The molecule has 0 radical (unpaired) electrons. The molecular weight excluding hydrogens is 499 g/mol. The molecule has 0 aliphatic carbocycles. The highest BCUT2D eigenvalue weighted by atomic mass is 127. The number of pyridine rings is 1. The van der Waals surface area contributed by atoms with Crippen LogP contribution in [0.15, 0.2) is 23.3 Å². The van der Waals surface area contributed by atoms with Crippen molar-refractivity contribution in [3.63, 3.8) is 0 Å². The summed E-state index contributed by atoms with van der Waals surface area (Å²) >= 11 is 0. The minimum atomic E-state index is -0.492. The molecule has 0 unspecified atom stereocenters. The molecule has 9 nitrogen and oxygen atoms in total. The third-order valence-corrected chi connectivity index (χ3v) is 4.27. The second-order valence-electron chi connectivity index (χ2n) is 8.28. The summed E-state index contributed by atoms with van der Waals surface area (Å²) in [7, 11) is 4.00. The van der Waals surface area contributed by atoms with Gasteiger partial charge in [-0.25, -0.2) is 14.8 Å². The molecule has 30 heavy (non-hydrogen) atoms. The highest BCUT2D eigenvalue weighted by Gasteiger charge is 2.26. The summed E-state index contributed by atoms with van der Waals surface area (Å²) in [6.45, 7) is 9.83. The van der Waals surface area contributed by atoms with E-state index >= 15 is 0 Å². The van der Waals surface area contributed by atoms with Gasteiger partial charge >= 0.3 is 6.09 Å². The maximum Gasteiger partial charge on any atom is 0.410 e. The molecule has 1 aliphatic rings. The van der Waals surface area contributed by atoms with Crippen molar-refractivity contribution in [1.82, 2.24) is 19.7 Å². The zero-order valence-corrected chi connectivity index (χ0v) is 21.0. The van der Waals surface area contributed by atoms with Crippen LogP contribution in [0, 0.1) is 0 Å². The molecule has 1 fully saturated rings. The lowest BCUT2D eigenvalue weighted by Gasteiger charge is -2.36. The fourth-order valence-electron chi connectivity index (χ4n) is 2.68. The highest BCUT2D eigenvalue weighted by Crippen LogP contribution is 2.13. The molecule has 1 aromatic rings. The first-order valence-corrected chi connectivity index (χ1v) is 9.89. The van der Waals surface area contributed by atoms with E-state index in [1.54, 1.807) is 11.1 Å². The maximum atomic E-state index is 12.1. The lowest BCUT2D eigenvalue weighted by atomic mass is 10.2. The summed E-state index contributed by atoms with van der Waals surface area (Å²) in [5, 5.41) is 0. The van der Waals surface area contributed by atoms with E-state index in [4.69, 9.17) is 15.2 Å². The molecule has 1 aromatic heterocycles. The summed E-state index contributed by atoms with van der Waals surface area (Å²) in [6.07, 6.45) is 1.43. The SMILES string of the molecule is CN(C)CCOc1cc(CN=C(N)N2CCN(C(=O)OC(C)(C)C)CC2)ccn1.I. The number of rotatable bonds is 6. The molecule has 0 saturated carbocycles. The number of guanidine groups is 1. The molecule has 1 saturated heterocycles. The van der Waals surface area contributed by atoms with Crippen molar-refractivity contribution in [1.29, 1.82) is 0 Å². The quantitative estimate of drug-likeness (QED) is 0.339. The van der Waals surface area contributed by atoms with Gasteiger partial charge in [-0.05, 0) is 46.5 Å². The standard InChI is InChI=1S/C20H34N6O3.HI/c1-20(2,3)29-19(27)26-10-8-25(9-11-26)18(21)23-15-16-6-7-22-17(14-16)28-13-12-24(4)5;/h6-7,14H,8-13,15H2,1-5H3,(H2,21,23);1H. The molecule has 0 atom stereocenters. The van der Waals surface area contributed by atoms with E-state index in [0.717, 1.165) is 12.1 Å². The minimum Gasteiger partial charge on any atom is -0.476 e. The molecule has 2 rings (SSSR count). The van der Waals surface area contributed by atoms with Crippen molar-refractivity contribution in [2.75, 3.05) is 53.4 Å². The van der Waals surface area contributed by atoms with E-state index in [2.05, 4.69) is 14.9 Å². The summed E-state index contributed by atoms with van der Waals surface area (Å²) in [5.74, 6) is 1.06. The average molecular weight is 534 g/mol. The van der Waals surface area contributed by atoms with E-state index in [1.165, 1.54) is 0 Å². The van der Waals surface area contributed by atoms with Gasteiger partial charge in [-0.1, -0.05) is 0 Å². The molecule has 0 bridgehead atoms. The lowest BCUT2D eigenvalue weighted by Crippen LogP contribution is -2.53. The number of aliphatic imine (C=N–C) groups is 1. The number of hydrogen-bond acceptors (Lipinski definition) is 6. The first-order valence-electron chi connectivity index (χ1n) is 9.89. The number of likely N-dealkylation sites (N-methyl/N-ethyl adjacent to an activating group) is 1. The molecular formula is C20H35IN6O3. The third-order valence-electron chi connectivity index (χ3n) is 4.27. The van der Waals surface area contributed by atoms with Gasteiger partial charge in [-0.15, -0.1) is 24.0 Å². The topological polar surface area (TPSA) is 96.5 Å². The van der Waals surface area contributed by atoms with Crippen molar-refractivity contribution in [2.24, 2.45) is 10.7 Å². The number of aromatic nitrogens is 1. The van der Waals surface area contributed by atoms with Crippen LogP contribution in [0.2, 0.25) is 0 Å². The average Bonchev–Trinajstić information content (AvgIpc) is 2.65. The first kappa shape index (κ1) is 26.2. The van der Waals surface area contributed by atoms with Gasteiger partial charge in [-0.2, -0.15) is 0 Å². The Morgan fingerprint density at radius 3 is 2.47 bits per heavy atom. The van der Waals surface area contributed by atoms with Gasteiger partial charge in [0.25, 0.3) is 0 Å². The van der Waals surface area contributed by atoms with Crippen LogP contribution < -0.4 is 10.5 Å². The van der Waals surface area contributed by atoms with Gasteiger partial charge in [0.05, 0.1) is 6.54 Å². The molecule has 10 heteroatoms. The van der Waals surface area contributed by atoms with Crippen LogP contribution in [0.5, 0.6) is 5.88 Å². The van der Waals surface area contributed by atoms with Crippen LogP contribution in [0.1, 0.15) is 26.3 Å². The van der Waals surface area contributed by atoms with Crippen molar-refractivity contribution >= 4 is 36.0 Å². The number of halogens is 1. The first-order chi connectivity index (χ1) is 13.6. The minimum absolute atomic E-state index is 0. The van der Waals surface area contributed by atoms with Crippen molar-refractivity contribution in [3.8, 4) is 5.88 Å². The Labute approximate surface area is 196 Å². The highest BCUT2D eigenvalue weighted by molar-refractivity contribution is 14.0. The Balaban J connectivity index is 0.00000450. The van der Waals surface area contributed by atoms with E-state index < -0.39 is 5.60 Å². The Bertz CT molecular complexity index is 700. The summed E-state index contributed by atoms with van der Waals surface area (Å²) < 4.78 is 11.1. The number of hydrogen-bond donors (Lipinski definition) is 1.